The molecule has 0 bridgehead atoms. The van der Waals surface area contributed by atoms with Gasteiger partial charge >= 0.3 is 6.09 Å². The molecule has 19 heavy (non-hydrogen) atoms. The van der Waals surface area contributed by atoms with E-state index in [1.807, 2.05) is 25.3 Å². The van der Waals surface area contributed by atoms with Crippen LogP contribution in [0.4, 0.5) is 10.6 Å². The number of pyridine rings is 1. The molecule has 1 aliphatic rings. The van der Waals surface area contributed by atoms with Gasteiger partial charge in [0.15, 0.2) is 0 Å². The molecular formula is C15H22N2O2. The standard InChI is InChI=1S/C15H22N2O2/c1-6-11-7-8-12(16-9-11)17-10-15(5,14(2,3)4)19-13(17)18/h7-9H,6,10H2,1-5H3. The lowest BCUT2D eigenvalue weighted by atomic mass is 9.78. The fraction of sp³-hybridized carbons (Fsp3) is 0.600. The molecule has 1 aromatic heterocycles. The van der Waals surface area contributed by atoms with Crippen molar-refractivity contribution in [3.8, 4) is 0 Å². The zero-order chi connectivity index (χ0) is 14.3. The second-order valence-corrected chi connectivity index (χ2v) is 6.31. The summed E-state index contributed by atoms with van der Waals surface area (Å²) < 4.78 is 5.58. The number of rotatable bonds is 2. The molecule has 1 aliphatic heterocycles. The molecule has 1 atom stereocenters. The minimum atomic E-state index is -0.491. The second-order valence-electron chi connectivity index (χ2n) is 6.31. The molecule has 0 aromatic carbocycles. The molecule has 2 rings (SSSR count). The van der Waals surface area contributed by atoms with E-state index < -0.39 is 5.60 Å². The number of hydrogen-bond donors (Lipinski definition) is 0. The van der Waals surface area contributed by atoms with Crippen molar-refractivity contribution in [2.45, 2.75) is 46.6 Å². The van der Waals surface area contributed by atoms with E-state index in [-0.39, 0.29) is 11.5 Å². The van der Waals surface area contributed by atoms with Crippen LogP contribution in [0, 0.1) is 5.41 Å². The topological polar surface area (TPSA) is 42.4 Å². The number of ether oxygens (including phenoxy) is 1. The zero-order valence-electron chi connectivity index (χ0n) is 12.4. The van der Waals surface area contributed by atoms with Crippen molar-refractivity contribution >= 4 is 11.9 Å². The highest BCUT2D eigenvalue weighted by Gasteiger charge is 2.50. The Morgan fingerprint density at radius 3 is 2.53 bits per heavy atom. The first kappa shape index (κ1) is 13.8. The predicted molar refractivity (Wildman–Crippen MR) is 75.3 cm³/mol. The lowest BCUT2D eigenvalue weighted by Crippen LogP contribution is -2.43. The molecule has 1 saturated heterocycles. The summed E-state index contributed by atoms with van der Waals surface area (Å²) in [6.07, 6.45) is 2.45. The van der Waals surface area contributed by atoms with Gasteiger partial charge in [0, 0.05) is 11.6 Å². The van der Waals surface area contributed by atoms with Crippen LogP contribution in [0.2, 0.25) is 0 Å². The predicted octanol–water partition coefficient (Wildman–Crippen LogP) is 3.41. The molecule has 0 spiro atoms. The SMILES string of the molecule is CCc1ccc(N2CC(C)(C(C)(C)C)OC2=O)nc1. The highest BCUT2D eigenvalue weighted by atomic mass is 16.6. The zero-order valence-corrected chi connectivity index (χ0v) is 12.4. The Labute approximate surface area is 114 Å². The summed E-state index contributed by atoms with van der Waals surface area (Å²) in [5, 5.41) is 0. The fourth-order valence-electron chi connectivity index (χ4n) is 2.00. The van der Waals surface area contributed by atoms with Crippen molar-refractivity contribution in [2.75, 3.05) is 11.4 Å². The van der Waals surface area contributed by atoms with Gasteiger partial charge in [-0.3, -0.25) is 4.90 Å². The van der Waals surface area contributed by atoms with Gasteiger partial charge in [-0.2, -0.15) is 0 Å². The van der Waals surface area contributed by atoms with Crippen LogP contribution in [0.1, 0.15) is 40.2 Å². The molecule has 4 heteroatoms. The molecular weight excluding hydrogens is 240 g/mol. The van der Waals surface area contributed by atoms with E-state index in [1.165, 1.54) is 0 Å². The first-order valence-electron chi connectivity index (χ1n) is 6.72. The third kappa shape index (κ3) is 2.44. The first-order chi connectivity index (χ1) is 8.77. The third-order valence-corrected chi connectivity index (χ3v) is 4.07. The van der Waals surface area contributed by atoms with Gasteiger partial charge in [0.1, 0.15) is 11.4 Å². The number of cyclic esters (lactones) is 1. The molecule has 104 valence electrons. The van der Waals surface area contributed by atoms with E-state index in [0.717, 1.165) is 12.0 Å². The quantitative estimate of drug-likeness (QED) is 0.820. The minimum absolute atomic E-state index is 0.110. The average Bonchev–Trinajstić information content (AvgIpc) is 2.66. The molecule has 1 unspecified atom stereocenters. The summed E-state index contributed by atoms with van der Waals surface area (Å²) in [5.74, 6) is 0.662. The van der Waals surface area contributed by atoms with Crippen LogP contribution in [-0.2, 0) is 11.2 Å². The average molecular weight is 262 g/mol. The van der Waals surface area contributed by atoms with Gasteiger partial charge in [0.25, 0.3) is 0 Å². The maximum Gasteiger partial charge on any atom is 0.416 e. The number of carbonyl (C=O) groups excluding carboxylic acids is 1. The van der Waals surface area contributed by atoms with E-state index >= 15 is 0 Å². The molecule has 4 nitrogen and oxygen atoms in total. The van der Waals surface area contributed by atoms with Crippen molar-refractivity contribution in [2.24, 2.45) is 5.41 Å². The van der Waals surface area contributed by atoms with Crippen molar-refractivity contribution in [3.63, 3.8) is 0 Å². The molecule has 1 fully saturated rings. The van der Waals surface area contributed by atoms with Crippen LogP contribution < -0.4 is 4.90 Å². The Hall–Kier alpha value is -1.58. The summed E-state index contributed by atoms with van der Waals surface area (Å²) in [7, 11) is 0. The minimum Gasteiger partial charge on any atom is -0.440 e. The van der Waals surface area contributed by atoms with Gasteiger partial charge in [-0.15, -0.1) is 0 Å². The van der Waals surface area contributed by atoms with Crippen LogP contribution in [0.5, 0.6) is 0 Å². The van der Waals surface area contributed by atoms with E-state index in [2.05, 4.69) is 32.7 Å². The molecule has 0 radical (unpaired) electrons. The normalized spacial score (nSPS) is 23.6. The molecule has 0 N–H and O–H groups in total. The summed E-state index contributed by atoms with van der Waals surface area (Å²) in [6, 6.07) is 3.89. The van der Waals surface area contributed by atoms with Gasteiger partial charge in [-0.1, -0.05) is 33.8 Å². The van der Waals surface area contributed by atoms with Crippen LogP contribution >= 0.6 is 0 Å². The summed E-state index contributed by atoms with van der Waals surface area (Å²) in [4.78, 5) is 18.0. The Bertz CT molecular complexity index is 476. The Balaban J connectivity index is 2.24. The van der Waals surface area contributed by atoms with Crippen LogP contribution in [0.25, 0.3) is 0 Å². The molecule has 1 amide bonds. The number of aryl methyl sites for hydroxylation is 1. The smallest absolute Gasteiger partial charge is 0.416 e. The summed E-state index contributed by atoms with van der Waals surface area (Å²) in [6.45, 7) is 10.8. The van der Waals surface area contributed by atoms with E-state index in [0.29, 0.717) is 12.4 Å². The monoisotopic (exact) mass is 262 g/mol. The molecule has 0 saturated carbocycles. The van der Waals surface area contributed by atoms with Gasteiger partial charge in [0.05, 0.1) is 6.54 Å². The second kappa shape index (κ2) is 4.51. The Morgan fingerprint density at radius 2 is 2.11 bits per heavy atom. The fourth-order valence-corrected chi connectivity index (χ4v) is 2.00. The molecule has 2 heterocycles. The highest BCUT2D eigenvalue weighted by molar-refractivity contribution is 5.89. The number of anilines is 1. The number of nitrogens with zero attached hydrogens (tertiary/aromatic N) is 2. The lowest BCUT2D eigenvalue weighted by molar-refractivity contribution is -0.0152. The number of carbonyl (C=O) groups is 1. The molecule has 1 aromatic rings. The largest absolute Gasteiger partial charge is 0.440 e. The van der Waals surface area contributed by atoms with Gasteiger partial charge in [-0.25, -0.2) is 9.78 Å². The Kier molecular flexibility index (Phi) is 3.29. The van der Waals surface area contributed by atoms with Crippen LogP contribution in [0.3, 0.4) is 0 Å². The third-order valence-electron chi connectivity index (χ3n) is 4.07. The molecule has 0 aliphatic carbocycles. The maximum atomic E-state index is 12.1. The van der Waals surface area contributed by atoms with Crippen LogP contribution in [-0.4, -0.2) is 23.2 Å². The number of aromatic nitrogens is 1. The van der Waals surface area contributed by atoms with Gasteiger partial charge in [-0.05, 0) is 25.0 Å². The van der Waals surface area contributed by atoms with Gasteiger partial charge < -0.3 is 4.74 Å². The Morgan fingerprint density at radius 1 is 1.42 bits per heavy atom. The van der Waals surface area contributed by atoms with Crippen LogP contribution in [0.15, 0.2) is 18.3 Å². The van der Waals surface area contributed by atoms with Crippen molar-refractivity contribution < 1.29 is 9.53 Å². The first-order valence-corrected chi connectivity index (χ1v) is 6.72. The van der Waals surface area contributed by atoms with Crippen molar-refractivity contribution in [1.29, 1.82) is 0 Å². The number of hydrogen-bond acceptors (Lipinski definition) is 3. The van der Waals surface area contributed by atoms with Crippen molar-refractivity contribution in [1.82, 2.24) is 4.98 Å². The van der Waals surface area contributed by atoms with Gasteiger partial charge in [0.2, 0.25) is 0 Å². The number of amides is 1. The van der Waals surface area contributed by atoms with E-state index in [9.17, 15) is 4.79 Å². The van der Waals surface area contributed by atoms with E-state index in [1.54, 1.807) is 4.90 Å². The maximum absolute atomic E-state index is 12.1. The van der Waals surface area contributed by atoms with Crippen molar-refractivity contribution in [3.05, 3.63) is 23.9 Å². The summed E-state index contributed by atoms with van der Waals surface area (Å²) >= 11 is 0. The highest BCUT2D eigenvalue weighted by Crippen LogP contribution is 2.39. The summed E-state index contributed by atoms with van der Waals surface area (Å²) in [5.41, 5.74) is 0.561. The van der Waals surface area contributed by atoms with E-state index in [4.69, 9.17) is 4.74 Å². The lowest BCUT2D eigenvalue weighted by Gasteiger charge is -2.35.